The van der Waals surface area contributed by atoms with Crippen LogP contribution in [-0.2, 0) is 25.3 Å². The molecule has 2 amide bonds. The van der Waals surface area contributed by atoms with Gasteiger partial charge in [-0.05, 0) is 74.2 Å². The Kier molecular flexibility index (Phi) is 8.18. The van der Waals surface area contributed by atoms with Gasteiger partial charge in [0.2, 0.25) is 5.91 Å². The van der Waals surface area contributed by atoms with Crippen molar-refractivity contribution in [1.82, 2.24) is 10.2 Å². The first kappa shape index (κ1) is 28.9. The van der Waals surface area contributed by atoms with Crippen LogP contribution in [0.1, 0.15) is 78.7 Å². The van der Waals surface area contributed by atoms with E-state index in [4.69, 9.17) is 9.31 Å². The molecule has 2 saturated heterocycles. The van der Waals surface area contributed by atoms with Gasteiger partial charge in [0.25, 0.3) is 5.91 Å². The third-order valence-electron chi connectivity index (χ3n) is 10.1. The lowest BCUT2D eigenvalue weighted by Gasteiger charge is -2.64. The lowest BCUT2D eigenvalue weighted by atomic mass is 9.43. The van der Waals surface area contributed by atoms with Crippen molar-refractivity contribution in [2.24, 2.45) is 23.2 Å². The van der Waals surface area contributed by atoms with Crippen LogP contribution < -0.4 is 5.32 Å². The summed E-state index contributed by atoms with van der Waals surface area (Å²) in [6.07, 6.45) is 7.20. The van der Waals surface area contributed by atoms with Crippen LogP contribution in [0.2, 0.25) is 0 Å². The topological polar surface area (TPSA) is 91.7 Å². The molecule has 2 aliphatic heterocycles. The second-order valence-corrected chi connectivity index (χ2v) is 13.5. The Hall–Kier alpha value is -2.63. The number of nitrogens with one attached hydrogen (secondary N) is 1. The minimum absolute atomic E-state index is 0.0375. The smallest absolute Gasteiger partial charge is 0.404 e. The van der Waals surface area contributed by atoms with Gasteiger partial charge in [-0.25, -0.2) is 0 Å². The van der Waals surface area contributed by atoms with E-state index in [1.165, 1.54) is 6.42 Å². The maximum absolute atomic E-state index is 13.3. The van der Waals surface area contributed by atoms with Crippen molar-refractivity contribution in [1.29, 1.82) is 5.26 Å². The van der Waals surface area contributed by atoms with Crippen LogP contribution in [0.5, 0.6) is 0 Å². The Balaban J connectivity index is 1.24. The van der Waals surface area contributed by atoms with Crippen molar-refractivity contribution >= 4 is 18.9 Å². The van der Waals surface area contributed by atoms with Gasteiger partial charge in [-0.3, -0.25) is 9.59 Å². The summed E-state index contributed by atoms with van der Waals surface area (Å²) in [6, 6.07) is 12.2. The fourth-order valence-electron chi connectivity index (χ4n) is 7.78. The van der Waals surface area contributed by atoms with Crippen molar-refractivity contribution in [3.8, 4) is 6.07 Å². The molecular weight excluding hydrogens is 501 g/mol. The van der Waals surface area contributed by atoms with E-state index in [0.717, 1.165) is 24.8 Å². The van der Waals surface area contributed by atoms with Gasteiger partial charge in [0.15, 0.2) is 0 Å². The molecule has 3 saturated carbocycles. The van der Waals surface area contributed by atoms with Crippen molar-refractivity contribution in [3.63, 3.8) is 0 Å². The van der Waals surface area contributed by atoms with Crippen LogP contribution >= 0.6 is 0 Å². The maximum atomic E-state index is 13.3. The fourth-order valence-corrected chi connectivity index (χ4v) is 7.78. The predicted octanol–water partition coefficient (Wildman–Crippen LogP) is 4.86. The molecule has 0 spiro atoms. The van der Waals surface area contributed by atoms with Gasteiger partial charge in [-0.15, -0.1) is 0 Å². The molecule has 1 N–H and O–H groups in total. The van der Waals surface area contributed by atoms with Crippen molar-refractivity contribution in [2.45, 2.75) is 103 Å². The largest absolute Gasteiger partial charge is 0.482 e. The summed E-state index contributed by atoms with van der Waals surface area (Å²) in [7, 11) is -0.502. The first-order valence-electron chi connectivity index (χ1n) is 15.1. The molecule has 8 heteroatoms. The van der Waals surface area contributed by atoms with E-state index in [9.17, 15) is 14.9 Å². The molecule has 6 rings (SSSR count). The highest BCUT2D eigenvalue weighted by molar-refractivity contribution is 6.48. The summed E-state index contributed by atoms with van der Waals surface area (Å²) >= 11 is 0. The molecule has 40 heavy (non-hydrogen) atoms. The van der Waals surface area contributed by atoms with Gasteiger partial charge < -0.3 is 19.5 Å². The van der Waals surface area contributed by atoms with E-state index < -0.39 is 7.12 Å². The second kappa shape index (κ2) is 11.3. The maximum Gasteiger partial charge on any atom is 0.482 e. The van der Waals surface area contributed by atoms with Crippen LogP contribution in [0.3, 0.4) is 0 Å². The van der Waals surface area contributed by atoms with Gasteiger partial charge in [0, 0.05) is 19.0 Å². The molecule has 1 aromatic rings. The van der Waals surface area contributed by atoms with E-state index in [2.05, 4.69) is 44.3 Å². The number of nitriles is 1. The van der Waals surface area contributed by atoms with E-state index in [-0.39, 0.29) is 52.4 Å². The van der Waals surface area contributed by atoms with Crippen LogP contribution in [0.4, 0.5) is 0 Å². The quantitative estimate of drug-likeness (QED) is 0.272. The normalized spacial score (nSPS) is 31.4. The molecule has 5 aliphatic rings. The molecule has 2 heterocycles. The molecule has 0 aromatic heterocycles. The zero-order valence-corrected chi connectivity index (χ0v) is 24.7. The number of rotatable bonds is 9. The molecule has 2 bridgehead atoms. The van der Waals surface area contributed by atoms with Crippen molar-refractivity contribution in [3.05, 3.63) is 47.5 Å². The van der Waals surface area contributed by atoms with Gasteiger partial charge in [0.1, 0.15) is 11.6 Å². The molecule has 6 atom stereocenters. The van der Waals surface area contributed by atoms with Gasteiger partial charge >= 0.3 is 7.12 Å². The summed E-state index contributed by atoms with van der Waals surface area (Å²) in [5, 5.41) is 12.8. The third-order valence-corrected chi connectivity index (χ3v) is 10.1. The van der Waals surface area contributed by atoms with Gasteiger partial charge in [-0.2, -0.15) is 5.26 Å². The highest BCUT2D eigenvalue weighted by atomic mass is 16.7. The SMILES string of the molecule is CC(C)C=C(C#N)C(=O)N1CCCC1CCC(=O)NC(Cc1ccccc1)B1O[C@@H]2C[C@@H]3C[C@@H](C3(C)C)[C@]2(C)O1. The Morgan fingerprint density at radius 3 is 2.65 bits per heavy atom. The van der Waals surface area contributed by atoms with Crippen molar-refractivity contribution in [2.75, 3.05) is 6.54 Å². The van der Waals surface area contributed by atoms with Gasteiger partial charge in [-0.1, -0.05) is 64.1 Å². The third kappa shape index (κ3) is 5.48. The Morgan fingerprint density at radius 2 is 1.98 bits per heavy atom. The number of likely N-dealkylation sites (tertiary alicyclic amines) is 1. The molecule has 5 fully saturated rings. The number of carbonyl (C=O) groups excluding carboxylic acids is 2. The molecule has 1 aromatic carbocycles. The average molecular weight is 546 g/mol. The van der Waals surface area contributed by atoms with E-state index in [1.807, 2.05) is 32.0 Å². The molecule has 214 valence electrons. The number of hydrogen-bond donors (Lipinski definition) is 1. The van der Waals surface area contributed by atoms with Crippen molar-refractivity contribution < 1.29 is 18.9 Å². The number of carbonyl (C=O) groups is 2. The van der Waals surface area contributed by atoms with Crippen LogP contribution in [-0.4, -0.2) is 54.1 Å². The molecule has 0 radical (unpaired) electrons. The van der Waals surface area contributed by atoms with E-state index in [1.54, 1.807) is 11.0 Å². The summed E-state index contributed by atoms with van der Waals surface area (Å²) in [5.74, 6) is 0.652. The highest BCUT2D eigenvalue weighted by Crippen LogP contribution is 2.65. The number of allylic oxidation sites excluding steroid dienone is 1. The number of amides is 2. The first-order chi connectivity index (χ1) is 19.0. The Morgan fingerprint density at radius 1 is 1.23 bits per heavy atom. The van der Waals surface area contributed by atoms with Gasteiger partial charge in [0.05, 0.1) is 17.6 Å². The van der Waals surface area contributed by atoms with E-state index in [0.29, 0.717) is 37.6 Å². The van der Waals surface area contributed by atoms with Crippen LogP contribution in [0, 0.1) is 34.5 Å². The molecular formula is C32H44BN3O4. The lowest BCUT2D eigenvalue weighted by molar-refractivity contribution is -0.199. The molecule has 7 nitrogen and oxygen atoms in total. The summed E-state index contributed by atoms with van der Waals surface area (Å²) in [5.41, 5.74) is 1.23. The Labute approximate surface area is 239 Å². The summed E-state index contributed by atoms with van der Waals surface area (Å²) in [4.78, 5) is 28.2. The number of hydrogen-bond acceptors (Lipinski definition) is 5. The zero-order chi connectivity index (χ0) is 28.7. The standard InChI is InChI=1S/C32H44BN3O4/c1-21(2)16-23(20-34)30(38)36-15-9-12-25(36)13-14-29(37)35-28(17-22-10-7-6-8-11-22)33-39-27-19-24-18-26(31(24,3)4)32(27,5)40-33/h6-8,10-11,16,21,24-28H,9,12-15,17-19H2,1-5H3,(H,35,37)/t24-,25?,26-,27+,28?,32-/m0/s1. The lowest BCUT2D eigenvalue weighted by Crippen LogP contribution is -2.65. The number of benzene rings is 1. The Bertz CT molecular complexity index is 1180. The van der Waals surface area contributed by atoms with Crippen LogP contribution in [0.25, 0.3) is 0 Å². The minimum Gasteiger partial charge on any atom is -0.404 e. The first-order valence-corrected chi connectivity index (χ1v) is 15.1. The monoisotopic (exact) mass is 545 g/mol. The summed E-state index contributed by atoms with van der Waals surface area (Å²) in [6.45, 7) is 11.4. The molecule has 2 unspecified atom stereocenters. The average Bonchev–Trinajstić information content (AvgIpc) is 3.54. The predicted molar refractivity (Wildman–Crippen MR) is 155 cm³/mol. The summed E-state index contributed by atoms with van der Waals surface area (Å²) < 4.78 is 13.3. The second-order valence-electron chi connectivity index (χ2n) is 13.5. The fraction of sp³-hybridized carbons (Fsp3) is 0.656. The van der Waals surface area contributed by atoms with E-state index >= 15 is 0 Å². The zero-order valence-electron chi connectivity index (χ0n) is 24.7. The number of nitrogens with zero attached hydrogens (tertiary/aromatic N) is 2. The highest BCUT2D eigenvalue weighted by Gasteiger charge is 2.68. The van der Waals surface area contributed by atoms with Crippen LogP contribution in [0.15, 0.2) is 42.0 Å². The molecule has 3 aliphatic carbocycles. The minimum atomic E-state index is -0.502.